The Balaban J connectivity index is 1.63. The van der Waals surface area contributed by atoms with E-state index in [-0.39, 0.29) is 24.4 Å². The van der Waals surface area contributed by atoms with Crippen molar-refractivity contribution >= 4 is 11.7 Å². The van der Waals surface area contributed by atoms with E-state index in [0.29, 0.717) is 31.2 Å². The van der Waals surface area contributed by atoms with Gasteiger partial charge in [0, 0.05) is 26.0 Å². The van der Waals surface area contributed by atoms with E-state index in [4.69, 9.17) is 9.47 Å². The molecule has 1 fully saturated rings. The maximum absolute atomic E-state index is 13.6. The summed E-state index contributed by atoms with van der Waals surface area (Å²) >= 11 is 0. The van der Waals surface area contributed by atoms with Crippen LogP contribution >= 0.6 is 0 Å². The van der Waals surface area contributed by atoms with Crippen molar-refractivity contribution in [1.82, 2.24) is 14.9 Å². The quantitative estimate of drug-likeness (QED) is 0.887. The third-order valence-corrected chi connectivity index (χ3v) is 3.88. The first-order valence-corrected chi connectivity index (χ1v) is 7.94. The normalized spacial score (nSPS) is 17.2. The molecule has 1 N–H and O–H groups in total. The largest absolute Gasteiger partial charge is 0.481 e. The third-order valence-electron chi connectivity index (χ3n) is 3.88. The number of para-hydroxylation sites is 1. The molecule has 1 aliphatic rings. The number of nitrogens with zero attached hydrogens (tertiary/aromatic N) is 3. The van der Waals surface area contributed by atoms with Crippen molar-refractivity contribution in [2.24, 2.45) is 0 Å². The van der Waals surface area contributed by atoms with Gasteiger partial charge in [0.2, 0.25) is 0 Å². The molecule has 0 bridgehead atoms. The number of hydrogen-bond donors (Lipinski definition) is 1. The average molecular weight is 346 g/mol. The van der Waals surface area contributed by atoms with Gasteiger partial charge in [-0.15, -0.1) is 0 Å². The summed E-state index contributed by atoms with van der Waals surface area (Å²) in [7, 11) is 1.75. The summed E-state index contributed by atoms with van der Waals surface area (Å²) in [6, 6.07) is 6.00. The molecule has 1 aromatic carbocycles. The van der Waals surface area contributed by atoms with Gasteiger partial charge < -0.3 is 19.7 Å². The van der Waals surface area contributed by atoms with Crippen molar-refractivity contribution in [3.05, 3.63) is 48.2 Å². The van der Waals surface area contributed by atoms with Gasteiger partial charge in [0.15, 0.2) is 18.2 Å². The molecular formula is C17H19FN4O3. The number of nitrogens with one attached hydrogen (secondary N) is 1. The zero-order chi connectivity index (χ0) is 17.6. The summed E-state index contributed by atoms with van der Waals surface area (Å²) in [6.07, 6.45) is 2.80. The Hall–Kier alpha value is -2.74. The van der Waals surface area contributed by atoms with Gasteiger partial charge >= 0.3 is 0 Å². The van der Waals surface area contributed by atoms with Gasteiger partial charge in [-0.25, -0.2) is 9.37 Å². The summed E-state index contributed by atoms with van der Waals surface area (Å²) in [6.45, 7) is 0.945. The molecule has 132 valence electrons. The van der Waals surface area contributed by atoms with E-state index in [1.165, 1.54) is 12.1 Å². The van der Waals surface area contributed by atoms with E-state index in [1.54, 1.807) is 36.5 Å². The highest BCUT2D eigenvalue weighted by Gasteiger charge is 2.28. The number of ether oxygens (including phenoxy) is 2. The highest BCUT2D eigenvalue weighted by Crippen LogP contribution is 2.25. The fourth-order valence-electron chi connectivity index (χ4n) is 2.61. The number of morpholine rings is 1. The molecule has 25 heavy (non-hydrogen) atoms. The number of benzene rings is 1. The predicted molar refractivity (Wildman–Crippen MR) is 88.7 cm³/mol. The summed E-state index contributed by atoms with van der Waals surface area (Å²) < 4.78 is 24.6. The molecule has 3 rings (SSSR count). The number of hydrogen-bond acceptors (Lipinski definition) is 6. The van der Waals surface area contributed by atoms with E-state index in [2.05, 4.69) is 15.3 Å². The zero-order valence-corrected chi connectivity index (χ0v) is 13.8. The monoisotopic (exact) mass is 346 g/mol. The SMILES string of the molecule is CNc1nccnc1[C@H]1CN(C(=O)COc2ccccc2F)CCO1. The lowest BCUT2D eigenvalue weighted by Gasteiger charge is -2.33. The molecule has 1 atom stereocenters. The zero-order valence-electron chi connectivity index (χ0n) is 13.8. The molecule has 8 heteroatoms. The van der Waals surface area contributed by atoms with Crippen LogP contribution in [-0.2, 0) is 9.53 Å². The third kappa shape index (κ3) is 4.03. The molecule has 2 heterocycles. The van der Waals surface area contributed by atoms with Gasteiger partial charge in [-0.3, -0.25) is 9.78 Å². The number of rotatable bonds is 5. The fraction of sp³-hybridized carbons (Fsp3) is 0.353. The Morgan fingerprint density at radius 2 is 2.20 bits per heavy atom. The summed E-state index contributed by atoms with van der Waals surface area (Å²) in [5.74, 6) is -0.0451. The topological polar surface area (TPSA) is 76.6 Å². The number of carbonyl (C=O) groups excluding carboxylic acids is 1. The Bertz CT molecular complexity index is 743. The maximum atomic E-state index is 13.6. The van der Waals surface area contributed by atoms with Gasteiger partial charge in [-0.2, -0.15) is 0 Å². The van der Waals surface area contributed by atoms with E-state index >= 15 is 0 Å². The minimum absolute atomic E-state index is 0.0621. The second kappa shape index (κ2) is 7.89. The molecule has 1 aromatic heterocycles. The van der Waals surface area contributed by atoms with Crippen LogP contribution in [0.1, 0.15) is 11.8 Å². The molecule has 2 aromatic rings. The van der Waals surface area contributed by atoms with Crippen LogP contribution in [0.5, 0.6) is 5.75 Å². The van der Waals surface area contributed by atoms with Crippen LogP contribution in [-0.4, -0.2) is 54.1 Å². The predicted octanol–water partition coefficient (Wildman–Crippen LogP) is 1.64. The molecule has 0 radical (unpaired) electrons. The van der Waals surface area contributed by atoms with Crippen molar-refractivity contribution in [3.63, 3.8) is 0 Å². The van der Waals surface area contributed by atoms with Crippen molar-refractivity contribution in [2.45, 2.75) is 6.10 Å². The average Bonchev–Trinajstić information content (AvgIpc) is 2.67. The molecule has 1 saturated heterocycles. The Morgan fingerprint density at radius 3 is 3.00 bits per heavy atom. The lowest BCUT2D eigenvalue weighted by Crippen LogP contribution is -2.44. The number of amides is 1. The first kappa shape index (κ1) is 17.1. The Morgan fingerprint density at radius 1 is 1.40 bits per heavy atom. The highest BCUT2D eigenvalue weighted by atomic mass is 19.1. The standard InChI is InChI=1S/C17H19FN4O3/c1-19-17-16(20-6-7-21-17)14-10-22(8-9-24-14)15(23)11-25-13-5-3-2-4-12(13)18/h2-7,14H,8-11H2,1H3,(H,19,21)/t14-/m1/s1. The molecule has 0 spiro atoms. The highest BCUT2D eigenvalue weighted by molar-refractivity contribution is 5.78. The second-order valence-electron chi connectivity index (χ2n) is 5.46. The van der Waals surface area contributed by atoms with Crippen molar-refractivity contribution in [2.75, 3.05) is 38.7 Å². The molecule has 0 aliphatic carbocycles. The first-order valence-electron chi connectivity index (χ1n) is 7.94. The van der Waals surface area contributed by atoms with E-state index in [0.717, 1.165) is 0 Å². The second-order valence-corrected chi connectivity index (χ2v) is 5.46. The smallest absolute Gasteiger partial charge is 0.260 e. The Kier molecular flexibility index (Phi) is 5.39. The maximum Gasteiger partial charge on any atom is 0.260 e. The van der Waals surface area contributed by atoms with Crippen LogP contribution in [0, 0.1) is 5.82 Å². The van der Waals surface area contributed by atoms with Gasteiger partial charge in [0.25, 0.3) is 5.91 Å². The molecular weight excluding hydrogens is 327 g/mol. The van der Waals surface area contributed by atoms with Crippen LogP contribution in [0.2, 0.25) is 0 Å². The van der Waals surface area contributed by atoms with Crippen molar-refractivity contribution in [1.29, 1.82) is 0 Å². The van der Waals surface area contributed by atoms with Gasteiger partial charge in [-0.05, 0) is 12.1 Å². The Labute approximate surface area is 144 Å². The number of halogens is 1. The van der Waals surface area contributed by atoms with E-state index < -0.39 is 5.82 Å². The minimum atomic E-state index is -0.492. The van der Waals surface area contributed by atoms with Crippen molar-refractivity contribution < 1.29 is 18.7 Å². The minimum Gasteiger partial charge on any atom is -0.481 e. The van der Waals surface area contributed by atoms with Gasteiger partial charge in [-0.1, -0.05) is 12.1 Å². The van der Waals surface area contributed by atoms with E-state index in [9.17, 15) is 9.18 Å². The summed E-state index contributed by atoms with van der Waals surface area (Å²) in [5.41, 5.74) is 0.650. The van der Waals surface area contributed by atoms with Gasteiger partial charge in [0.05, 0.1) is 13.2 Å². The number of aromatic nitrogens is 2. The van der Waals surface area contributed by atoms with Crippen LogP contribution in [0.4, 0.5) is 10.2 Å². The molecule has 0 saturated carbocycles. The molecule has 1 amide bonds. The van der Waals surface area contributed by atoms with Gasteiger partial charge in [0.1, 0.15) is 17.6 Å². The first-order chi connectivity index (χ1) is 12.2. The molecule has 1 aliphatic heterocycles. The van der Waals surface area contributed by atoms with Crippen LogP contribution < -0.4 is 10.1 Å². The lowest BCUT2D eigenvalue weighted by molar-refractivity contribution is -0.141. The fourth-order valence-corrected chi connectivity index (χ4v) is 2.61. The van der Waals surface area contributed by atoms with Crippen LogP contribution in [0.15, 0.2) is 36.7 Å². The lowest BCUT2D eigenvalue weighted by atomic mass is 10.2. The van der Waals surface area contributed by atoms with E-state index in [1.807, 2.05) is 0 Å². The summed E-state index contributed by atoms with van der Waals surface area (Å²) in [5, 5.41) is 2.97. The van der Waals surface area contributed by atoms with Crippen LogP contribution in [0.25, 0.3) is 0 Å². The van der Waals surface area contributed by atoms with Crippen molar-refractivity contribution in [3.8, 4) is 5.75 Å². The molecule has 7 nitrogen and oxygen atoms in total. The van der Waals surface area contributed by atoms with Crippen LogP contribution in [0.3, 0.4) is 0 Å². The molecule has 0 unspecified atom stereocenters. The summed E-state index contributed by atoms with van der Waals surface area (Å²) in [4.78, 5) is 22.5. The number of carbonyl (C=O) groups is 1. The number of anilines is 1.